The van der Waals surface area contributed by atoms with Crippen LogP contribution in [-0.4, -0.2) is 15.7 Å². The molecule has 0 aliphatic rings. The normalized spacial score (nSPS) is 10.9. The van der Waals surface area contributed by atoms with Crippen LogP contribution in [0.5, 0.6) is 0 Å². The number of rotatable bonds is 5. The minimum absolute atomic E-state index is 0.186. The Kier molecular flexibility index (Phi) is 4.68. The van der Waals surface area contributed by atoms with Gasteiger partial charge in [-0.3, -0.25) is 4.79 Å². The lowest BCUT2D eigenvalue weighted by Crippen LogP contribution is -2.09. The number of aromatic amines is 1. The molecule has 0 amide bonds. The second kappa shape index (κ2) is 5.80. The average Bonchev–Trinajstić information content (AvgIpc) is 2.10. The third kappa shape index (κ3) is 4.88. The maximum absolute atomic E-state index is 11.1. The topological polar surface area (TPSA) is 71.8 Å². The van der Waals surface area contributed by atoms with Crippen molar-refractivity contribution in [3.8, 4) is 0 Å². The second-order valence-corrected chi connectivity index (χ2v) is 4.94. The van der Waals surface area contributed by atoms with E-state index in [4.69, 9.17) is 5.73 Å². The number of H-pyrrole nitrogens is 1. The summed E-state index contributed by atoms with van der Waals surface area (Å²) in [4.78, 5) is 17.8. The second-order valence-electron chi connectivity index (χ2n) is 3.86. The Balaban J connectivity index is 2.40. The summed E-state index contributed by atoms with van der Waals surface area (Å²) in [6.07, 6.45) is 2.32. The lowest BCUT2D eigenvalue weighted by Gasteiger charge is -2.03. The molecule has 1 aromatic heterocycles. The van der Waals surface area contributed by atoms with Crippen molar-refractivity contribution >= 4 is 17.6 Å². The van der Waals surface area contributed by atoms with Crippen LogP contribution in [0.4, 0.5) is 5.82 Å². The largest absolute Gasteiger partial charge is 0.383 e. The Bertz CT molecular complexity index is 362. The maximum atomic E-state index is 11.1. The SMILES string of the molecule is CC(C)CCCSc1nc(N)cc(=O)[nH]1. The number of anilines is 1. The minimum atomic E-state index is -0.186. The molecule has 84 valence electrons. The maximum Gasteiger partial charge on any atom is 0.253 e. The van der Waals surface area contributed by atoms with E-state index in [0.717, 1.165) is 18.1 Å². The molecule has 0 radical (unpaired) electrons. The first kappa shape index (κ1) is 12.1. The van der Waals surface area contributed by atoms with E-state index in [1.165, 1.54) is 12.5 Å². The molecule has 0 aromatic carbocycles. The van der Waals surface area contributed by atoms with Crippen molar-refractivity contribution in [2.24, 2.45) is 5.92 Å². The van der Waals surface area contributed by atoms with Gasteiger partial charge in [-0.1, -0.05) is 32.0 Å². The zero-order valence-electron chi connectivity index (χ0n) is 9.12. The summed E-state index contributed by atoms with van der Waals surface area (Å²) < 4.78 is 0. The summed E-state index contributed by atoms with van der Waals surface area (Å²) >= 11 is 1.54. The van der Waals surface area contributed by atoms with E-state index in [0.29, 0.717) is 5.16 Å². The van der Waals surface area contributed by atoms with Crippen LogP contribution in [-0.2, 0) is 0 Å². The fourth-order valence-electron chi connectivity index (χ4n) is 1.18. The Morgan fingerprint density at radius 1 is 1.60 bits per heavy atom. The standard InChI is InChI=1S/C10H17N3OS/c1-7(2)4-3-5-15-10-12-8(11)6-9(14)13-10/h6-7H,3-5H2,1-2H3,(H3,11,12,13,14). The third-order valence-electron chi connectivity index (χ3n) is 1.90. The van der Waals surface area contributed by atoms with Gasteiger partial charge in [-0.25, -0.2) is 4.98 Å². The molecule has 0 spiro atoms. The van der Waals surface area contributed by atoms with Gasteiger partial charge in [-0.15, -0.1) is 0 Å². The van der Waals surface area contributed by atoms with Gasteiger partial charge in [0.25, 0.3) is 5.56 Å². The molecule has 0 saturated heterocycles. The van der Waals surface area contributed by atoms with Crippen molar-refractivity contribution < 1.29 is 0 Å². The van der Waals surface area contributed by atoms with Crippen LogP contribution in [0.25, 0.3) is 0 Å². The molecule has 0 unspecified atom stereocenters. The number of nitrogens with zero attached hydrogens (tertiary/aromatic N) is 1. The van der Waals surface area contributed by atoms with Gasteiger partial charge < -0.3 is 10.7 Å². The van der Waals surface area contributed by atoms with Gasteiger partial charge in [0.2, 0.25) is 0 Å². The molecule has 5 heteroatoms. The molecule has 0 atom stereocenters. The Morgan fingerprint density at radius 2 is 2.33 bits per heavy atom. The van der Waals surface area contributed by atoms with E-state index in [9.17, 15) is 4.79 Å². The Labute approximate surface area is 93.7 Å². The first-order valence-corrected chi connectivity index (χ1v) is 6.06. The fraction of sp³-hybridized carbons (Fsp3) is 0.600. The van der Waals surface area contributed by atoms with Crippen LogP contribution < -0.4 is 11.3 Å². The summed E-state index contributed by atoms with van der Waals surface area (Å²) in [7, 11) is 0. The molecule has 0 aliphatic carbocycles. The van der Waals surface area contributed by atoms with Crippen molar-refractivity contribution in [2.45, 2.75) is 31.8 Å². The smallest absolute Gasteiger partial charge is 0.253 e. The summed E-state index contributed by atoms with van der Waals surface area (Å²) in [6.45, 7) is 4.40. The average molecular weight is 227 g/mol. The molecular weight excluding hydrogens is 210 g/mol. The van der Waals surface area contributed by atoms with E-state index in [2.05, 4.69) is 23.8 Å². The first-order chi connectivity index (χ1) is 7.08. The highest BCUT2D eigenvalue weighted by Gasteiger charge is 2.00. The van der Waals surface area contributed by atoms with E-state index in [1.54, 1.807) is 11.8 Å². The van der Waals surface area contributed by atoms with Gasteiger partial charge in [-0.05, 0) is 12.3 Å². The quantitative estimate of drug-likeness (QED) is 0.457. The van der Waals surface area contributed by atoms with Crippen LogP contribution in [0.3, 0.4) is 0 Å². The first-order valence-electron chi connectivity index (χ1n) is 5.07. The van der Waals surface area contributed by atoms with Gasteiger partial charge in [0.1, 0.15) is 5.82 Å². The summed E-state index contributed by atoms with van der Waals surface area (Å²) in [5, 5.41) is 0.615. The van der Waals surface area contributed by atoms with E-state index in [-0.39, 0.29) is 11.4 Å². The van der Waals surface area contributed by atoms with E-state index >= 15 is 0 Å². The third-order valence-corrected chi connectivity index (χ3v) is 2.86. The number of nitrogens with one attached hydrogen (secondary N) is 1. The number of nitrogens with two attached hydrogens (primary N) is 1. The molecule has 0 bridgehead atoms. The van der Waals surface area contributed by atoms with Crippen LogP contribution in [0.1, 0.15) is 26.7 Å². The van der Waals surface area contributed by atoms with Crippen LogP contribution >= 0.6 is 11.8 Å². The lowest BCUT2D eigenvalue weighted by molar-refractivity contribution is 0.579. The van der Waals surface area contributed by atoms with Crippen molar-refractivity contribution in [3.05, 3.63) is 16.4 Å². The molecule has 15 heavy (non-hydrogen) atoms. The molecular formula is C10H17N3OS. The van der Waals surface area contributed by atoms with E-state index < -0.39 is 0 Å². The zero-order valence-corrected chi connectivity index (χ0v) is 9.93. The molecule has 0 aliphatic heterocycles. The van der Waals surface area contributed by atoms with Gasteiger partial charge >= 0.3 is 0 Å². The van der Waals surface area contributed by atoms with Crippen LogP contribution in [0.2, 0.25) is 0 Å². The predicted molar refractivity (Wildman–Crippen MR) is 64.1 cm³/mol. The van der Waals surface area contributed by atoms with Gasteiger partial charge in [0.05, 0.1) is 0 Å². The molecule has 1 aromatic rings. The molecule has 0 saturated carbocycles. The van der Waals surface area contributed by atoms with Crippen molar-refractivity contribution in [1.29, 1.82) is 0 Å². The Morgan fingerprint density at radius 3 is 2.93 bits per heavy atom. The number of hydrogen-bond donors (Lipinski definition) is 2. The molecule has 1 heterocycles. The zero-order chi connectivity index (χ0) is 11.3. The molecule has 1 rings (SSSR count). The number of hydrogen-bond acceptors (Lipinski definition) is 4. The highest BCUT2D eigenvalue weighted by Crippen LogP contribution is 2.15. The minimum Gasteiger partial charge on any atom is -0.383 e. The number of aromatic nitrogens is 2. The molecule has 4 nitrogen and oxygen atoms in total. The van der Waals surface area contributed by atoms with Crippen LogP contribution in [0.15, 0.2) is 16.0 Å². The van der Waals surface area contributed by atoms with Crippen molar-refractivity contribution in [1.82, 2.24) is 9.97 Å². The van der Waals surface area contributed by atoms with Crippen molar-refractivity contribution in [2.75, 3.05) is 11.5 Å². The summed E-state index contributed by atoms with van der Waals surface area (Å²) in [5.74, 6) is 1.97. The highest BCUT2D eigenvalue weighted by atomic mass is 32.2. The lowest BCUT2D eigenvalue weighted by atomic mass is 10.1. The number of thioether (sulfide) groups is 1. The predicted octanol–water partition coefficient (Wildman–Crippen LogP) is 1.88. The number of nitrogen functional groups attached to an aromatic ring is 1. The molecule has 0 fully saturated rings. The molecule has 3 N–H and O–H groups in total. The van der Waals surface area contributed by atoms with Gasteiger partial charge in [-0.2, -0.15) is 0 Å². The Hall–Kier alpha value is -0.970. The van der Waals surface area contributed by atoms with Crippen LogP contribution in [0, 0.1) is 5.92 Å². The van der Waals surface area contributed by atoms with Gasteiger partial charge in [0.15, 0.2) is 5.16 Å². The van der Waals surface area contributed by atoms with Gasteiger partial charge in [0, 0.05) is 11.8 Å². The van der Waals surface area contributed by atoms with Crippen molar-refractivity contribution in [3.63, 3.8) is 0 Å². The van der Waals surface area contributed by atoms with E-state index in [1.807, 2.05) is 0 Å². The summed E-state index contributed by atoms with van der Waals surface area (Å²) in [6, 6.07) is 1.29. The fourth-order valence-corrected chi connectivity index (χ4v) is 2.03. The highest BCUT2D eigenvalue weighted by molar-refractivity contribution is 7.99. The summed E-state index contributed by atoms with van der Waals surface area (Å²) in [5.41, 5.74) is 5.28. The monoisotopic (exact) mass is 227 g/mol.